The summed E-state index contributed by atoms with van der Waals surface area (Å²) >= 11 is 0. The Kier molecular flexibility index (Phi) is 10.8. The molecule has 0 bridgehead atoms. The fourth-order valence-electron chi connectivity index (χ4n) is 1.35. The van der Waals surface area contributed by atoms with Crippen LogP contribution in [0.2, 0.25) is 0 Å². The van der Waals surface area contributed by atoms with Gasteiger partial charge in [0.1, 0.15) is 12.2 Å². The maximum atomic E-state index is 11.3. The van der Waals surface area contributed by atoms with Crippen LogP contribution >= 0.6 is 0 Å². The highest BCUT2D eigenvalue weighted by Crippen LogP contribution is 2.06. The summed E-state index contributed by atoms with van der Waals surface area (Å²) in [4.78, 5) is 11.3. The van der Waals surface area contributed by atoms with Crippen LogP contribution in [0, 0.1) is 0 Å². The number of esters is 1. The van der Waals surface area contributed by atoms with Crippen molar-refractivity contribution < 1.29 is 24.1 Å². The highest BCUT2D eigenvalue weighted by atomic mass is 16.6. The van der Waals surface area contributed by atoms with Crippen LogP contribution in [0.1, 0.15) is 46.5 Å². The predicted molar refractivity (Wildman–Crippen MR) is 73.0 cm³/mol. The minimum Gasteiger partial charge on any atom is -0.458 e. The number of aliphatic hydroxyl groups excluding tert-OH is 1. The number of hydrogen-bond acceptors (Lipinski definition) is 5. The second-order valence-electron chi connectivity index (χ2n) is 5.39. The Labute approximate surface area is 116 Å². The van der Waals surface area contributed by atoms with Gasteiger partial charge in [-0.15, -0.1) is 0 Å². The molecule has 0 rings (SSSR count). The van der Waals surface area contributed by atoms with Gasteiger partial charge in [-0.05, 0) is 46.5 Å². The van der Waals surface area contributed by atoms with Crippen molar-refractivity contribution in [1.82, 2.24) is 0 Å². The molecular weight excluding hydrogens is 248 g/mol. The molecule has 0 saturated carbocycles. The number of carbonyl (C=O) groups is 1. The van der Waals surface area contributed by atoms with Crippen molar-refractivity contribution in [3.05, 3.63) is 0 Å². The fraction of sp³-hybridized carbons (Fsp3) is 0.929. The lowest BCUT2D eigenvalue weighted by Gasteiger charge is -2.19. The average molecular weight is 276 g/mol. The summed E-state index contributed by atoms with van der Waals surface area (Å²) < 4.78 is 15.7. The maximum absolute atomic E-state index is 11.3. The Balaban J connectivity index is 3.21. The van der Waals surface area contributed by atoms with Crippen LogP contribution < -0.4 is 0 Å². The van der Waals surface area contributed by atoms with Crippen molar-refractivity contribution in [2.24, 2.45) is 0 Å². The van der Waals surface area contributed by atoms with Gasteiger partial charge < -0.3 is 19.3 Å². The molecule has 0 aromatic heterocycles. The van der Waals surface area contributed by atoms with Crippen molar-refractivity contribution in [2.45, 2.75) is 52.1 Å². The summed E-state index contributed by atoms with van der Waals surface area (Å²) in [7, 11) is 0. The molecule has 0 fully saturated rings. The van der Waals surface area contributed by atoms with Gasteiger partial charge in [-0.1, -0.05) is 0 Å². The molecule has 0 unspecified atom stereocenters. The van der Waals surface area contributed by atoms with Crippen LogP contribution in [-0.4, -0.2) is 49.7 Å². The summed E-state index contributed by atoms with van der Waals surface area (Å²) in [5.41, 5.74) is -0.456. The molecule has 114 valence electrons. The summed E-state index contributed by atoms with van der Waals surface area (Å²) in [6.07, 6.45) is 3.46. The second kappa shape index (κ2) is 11.2. The number of aliphatic hydroxyl groups is 1. The molecular formula is C14H28O5. The molecule has 0 aliphatic rings. The molecule has 0 aromatic rings. The first-order valence-electron chi connectivity index (χ1n) is 6.94. The van der Waals surface area contributed by atoms with Crippen molar-refractivity contribution in [1.29, 1.82) is 0 Å². The van der Waals surface area contributed by atoms with Gasteiger partial charge in [0, 0.05) is 26.4 Å². The lowest BCUT2D eigenvalue weighted by molar-refractivity contribution is -0.160. The summed E-state index contributed by atoms with van der Waals surface area (Å²) in [5, 5.41) is 8.57. The maximum Gasteiger partial charge on any atom is 0.332 e. The largest absolute Gasteiger partial charge is 0.458 e. The van der Waals surface area contributed by atoms with Gasteiger partial charge in [0.2, 0.25) is 0 Å². The third kappa shape index (κ3) is 15.3. The van der Waals surface area contributed by atoms with E-state index in [0.29, 0.717) is 19.8 Å². The van der Waals surface area contributed by atoms with E-state index < -0.39 is 5.60 Å². The molecule has 5 nitrogen and oxygen atoms in total. The predicted octanol–water partition coefficient (Wildman–Crippen LogP) is 1.91. The SMILES string of the molecule is CC(C)(C)OC(=O)COCCCCOCCCCO. The third-order valence-corrected chi connectivity index (χ3v) is 2.16. The van der Waals surface area contributed by atoms with Gasteiger partial charge in [0.25, 0.3) is 0 Å². The van der Waals surface area contributed by atoms with E-state index in [1.807, 2.05) is 20.8 Å². The van der Waals surface area contributed by atoms with Gasteiger partial charge in [-0.2, -0.15) is 0 Å². The molecule has 0 spiro atoms. The van der Waals surface area contributed by atoms with Crippen LogP contribution in [0.25, 0.3) is 0 Å². The van der Waals surface area contributed by atoms with E-state index in [2.05, 4.69) is 0 Å². The molecule has 1 N–H and O–H groups in total. The number of ether oxygens (including phenoxy) is 3. The van der Waals surface area contributed by atoms with E-state index in [1.54, 1.807) is 0 Å². The summed E-state index contributed by atoms with van der Waals surface area (Å²) in [6.45, 7) is 7.66. The van der Waals surface area contributed by atoms with Gasteiger partial charge in [-0.3, -0.25) is 0 Å². The minimum atomic E-state index is -0.456. The molecule has 0 saturated heterocycles. The van der Waals surface area contributed by atoms with Crippen molar-refractivity contribution >= 4 is 5.97 Å². The van der Waals surface area contributed by atoms with Gasteiger partial charge in [0.15, 0.2) is 0 Å². The van der Waals surface area contributed by atoms with Crippen molar-refractivity contribution in [2.75, 3.05) is 33.0 Å². The molecule has 5 heteroatoms. The number of carbonyl (C=O) groups excluding carboxylic acids is 1. The topological polar surface area (TPSA) is 65.0 Å². The quantitative estimate of drug-likeness (QED) is 0.461. The van der Waals surface area contributed by atoms with Gasteiger partial charge >= 0.3 is 5.97 Å². The van der Waals surface area contributed by atoms with Crippen LogP contribution in [0.4, 0.5) is 0 Å². The van der Waals surface area contributed by atoms with Crippen molar-refractivity contribution in [3.8, 4) is 0 Å². The molecule has 0 aliphatic heterocycles. The number of hydrogen-bond donors (Lipinski definition) is 1. The molecule has 0 amide bonds. The first kappa shape index (κ1) is 18.4. The Morgan fingerprint density at radius 3 is 2.00 bits per heavy atom. The Hall–Kier alpha value is -0.650. The standard InChI is InChI=1S/C14H28O5/c1-14(2,3)19-13(16)12-18-11-7-6-10-17-9-5-4-8-15/h15H,4-12H2,1-3H3. The smallest absolute Gasteiger partial charge is 0.332 e. The minimum absolute atomic E-state index is 0.00856. The third-order valence-electron chi connectivity index (χ3n) is 2.16. The van der Waals surface area contributed by atoms with E-state index >= 15 is 0 Å². The normalized spacial score (nSPS) is 11.6. The van der Waals surface area contributed by atoms with Gasteiger partial charge in [-0.25, -0.2) is 4.79 Å². The summed E-state index contributed by atoms with van der Waals surface area (Å²) in [6, 6.07) is 0. The lowest BCUT2D eigenvalue weighted by Crippen LogP contribution is -2.26. The first-order valence-corrected chi connectivity index (χ1v) is 6.94. The van der Waals surface area contributed by atoms with Crippen molar-refractivity contribution in [3.63, 3.8) is 0 Å². The molecule has 19 heavy (non-hydrogen) atoms. The van der Waals surface area contributed by atoms with Crippen LogP contribution in [0.15, 0.2) is 0 Å². The zero-order valence-electron chi connectivity index (χ0n) is 12.4. The van der Waals surface area contributed by atoms with Crippen LogP contribution in [0.3, 0.4) is 0 Å². The van der Waals surface area contributed by atoms with E-state index in [9.17, 15) is 4.79 Å². The summed E-state index contributed by atoms with van der Waals surface area (Å²) in [5.74, 6) is -0.326. The number of rotatable bonds is 11. The zero-order chi connectivity index (χ0) is 14.6. The van der Waals surface area contributed by atoms with E-state index in [1.165, 1.54) is 0 Å². The Morgan fingerprint density at radius 2 is 1.47 bits per heavy atom. The fourth-order valence-corrected chi connectivity index (χ4v) is 1.35. The number of unbranched alkanes of at least 4 members (excludes halogenated alkanes) is 2. The average Bonchev–Trinajstić information content (AvgIpc) is 2.29. The monoisotopic (exact) mass is 276 g/mol. The molecule has 0 heterocycles. The molecule has 0 aliphatic carbocycles. The second-order valence-corrected chi connectivity index (χ2v) is 5.39. The van der Waals surface area contributed by atoms with Gasteiger partial charge in [0.05, 0.1) is 0 Å². The van der Waals surface area contributed by atoms with Crippen LogP contribution in [0.5, 0.6) is 0 Å². The lowest BCUT2D eigenvalue weighted by atomic mass is 10.2. The Bertz CT molecular complexity index is 222. The Morgan fingerprint density at radius 1 is 0.947 bits per heavy atom. The van der Waals surface area contributed by atoms with Crippen LogP contribution in [-0.2, 0) is 19.0 Å². The highest BCUT2D eigenvalue weighted by molar-refractivity contribution is 5.71. The first-order chi connectivity index (χ1) is 8.95. The van der Waals surface area contributed by atoms with E-state index in [-0.39, 0.29) is 19.2 Å². The zero-order valence-corrected chi connectivity index (χ0v) is 12.4. The van der Waals surface area contributed by atoms with E-state index in [0.717, 1.165) is 25.7 Å². The van der Waals surface area contributed by atoms with E-state index in [4.69, 9.17) is 19.3 Å². The molecule has 0 radical (unpaired) electrons. The highest BCUT2D eigenvalue weighted by Gasteiger charge is 2.15. The molecule has 0 aromatic carbocycles. The molecule has 0 atom stereocenters.